The van der Waals surface area contributed by atoms with Crippen LogP contribution in [-0.2, 0) is 6.54 Å². The van der Waals surface area contributed by atoms with E-state index in [1.807, 2.05) is 36.6 Å². The highest BCUT2D eigenvalue weighted by molar-refractivity contribution is 7.98. The van der Waals surface area contributed by atoms with Crippen molar-refractivity contribution in [3.8, 4) is 11.5 Å². The number of para-hydroxylation sites is 2. The number of benzene rings is 2. The van der Waals surface area contributed by atoms with Crippen LogP contribution in [0.1, 0.15) is 18.4 Å². The fourth-order valence-corrected chi connectivity index (χ4v) is 2.92. The van der Waals surface area contributed by atoms with Gasteiger partial charge in [0.25, 0.3) is 0 Å². The van der Waals surface area contributed by atoms with E-state index in [1.165, 1.54) is 12.8 Å². The van der Waals surface area contributed by atoms with Gasteiger partial charge in [0, 0.05) is 23.0 Å². The van der Waals surface area contributed by atoms with Gasteiger partial charge in [0.15, 0.2) is 5.75 Å². The van der Waals surface area contributed by atoms with Crippen LogP contribution >= 0.6 is 23.4 Å². The minimum Gasteiger partial charge on any atom is -0.454 e. The molecule has 110 valence electrons. The van der Waals surface area contributed by atoms with Crippen molar-refractivity contribution >= 4 is 23.4 Å². The molecule has 1 aliphatic rings. The predicted octanol–water partition coefficient (Wildman–Crippen LogP) is 5.11. The van der Waals surface area contributed by atoms with Crippen LogP contribution in [0.15, 0.2) is 47.4 Å². The van der Waals surface area contributed by atoms with Gasteiger partial charge in [-0.3, -0.25) is 0 Å². The molecule has 2 nitrogen and oxygen atoms in total. The molecule has 0 aliphatic heterocycles. The van der Waals surface area contributed by atoms with Crippen LogP contribution < -0.4 is 10.1 Å². The Morgan fingerprint density at radius 3 is 2.76 bits per heavy atom. The zero-order valence-electron chi connectivity index (χ0n) is 11.9. The van der Waals surface area contributed by atoms with Gasteiger partial charge in [-0.15, -0.1) is 11.8 Å². The van der Waals surface area contributed by atoms with Crippen LogP contribution in [0.25, 0.3) is 0 Å². The standard InChI is InChI=1S/C17H18ClNOS/c1-21-16-8-3-2-7-15(16)20-17-12(5-4-6-14(17)18)11-19-13-9-10-13/h2-8,13,19H,9-11H2,1H3. The number of ether oxygens (including phenoxy) is 1. The maximum atomic E-state index is 6.35. The minimum absolute atomic E-state index is 0.654. The first-order valence-corrected chi connectivity index (χ1v) is 8.70. The molecule has 0 aromatic heterocycles. The Bertz CT molecular complexity index is 628. The number of thioether (sulfide) groups is 1. The second kappa shape index (κ2) is 6.73. The Hall–Kier alpha value is -1.16. The fraction of sp³-hybridized carbons (Fsp3) is 0.294. The molecule has 21 heavy (non-hydrogen) atoms. The molecule has 2 aromatic carbocycles. The largest absolute Gasteiger partial charge is 0.454 e. The topological polar surface area (TPSA) is 21.3 Å². The van der Waals surface area contributed by atoms with Crippen molar-refractivity contribution in [2.45, 2.75) is 30.3 Å². The molecular weight excluding hydrogens is 302 g/mol. The molecule has 0 amide bonds. The second-order valence-corrected chi connectivity index (χ2v) is 6.39. The van der Waals surface area contributed by atoms with Crippen molar-refractivity contribution in [3.63, 3.8) is 0 Å². The number of rotatable bonds is 6. The van der Waals surface area contributed by atoms with E-state index >= 15 is 0 Å². The Morgan fingerprint density at radius 1 is 1.19 bits per heavy atom. The Morgan fingerprint density at radius 2 is 2.00 bits per heavy atom. The fourth-order valence-electron chi connectivity index (χ4n) is 2.16. The molecule has 1 saturated carbocycles. The number of halogens is 1. The first-order valence-electron chi connectivity index (χ1n) is 7.09. The molecule has 1 N–H and O–H groups in total. The zero-order chi connectivity index (χ0) is 14.7. The van der Waals surface area contributed by atoms with Gasteiger partial charge in [0.1, 0.15) is 5.75 Å². The lowest BCUT2D eigenvalue weighted by molar-refractivity contribution is 0.462. The van der Waals surface area contributed by atoms with Crippen molar-refractivity contribution in [1.82, 2.24) is 5.32 Å². The Labute approximate surface area is 134 Å². The van der Waals surface area contributed by atoms with Crippen molar-refractivity contribution in [2.24, 2.45) is 0 Å². The third-order valence-corrected chi connectivity index (χ3v) is 4.56. The van der Waals surface area contributed by atoms with E-state index < -0.39 is 0 Å². The number of nitrogens with one attached hydrogen (secondary N) is 1. The second-order valence-electron chi connectivity index (χ2n) is 5.14. The highest BCUT2D eigenvalue weighted by Gasteiger charge is 2.21. The van der Waals surface area contributed by atoms with E-state index in [0.717, 1.165) is 28.5 Å². The van der Waals surface area contributed by atoms with Crippen LogP contribution in [-0.4, -0.2) is 12.3 Å². The molecule has 0 atom stereocenters. The third kappa shape index (κ3) is 3.73. The monoisotopic (exact) mass is 319 g/mol. The third-order valence-electron chi connectivity index (χ3n) is 3.49. The molecule has 1 fully saturated rings. The normalized spacial score (nSPS) is 14.2. The van der Waals surface area contributed by atoms with Gasteiger partial charge in [-0.25, -0.2) is 0 Å². The van der Waals surface area contributed by atoms with Gasteiger partial charge >= 0.3 is 0 Å². The minimum atomic E-state index is 0.654. The molecule has 1 aliphatic carbocycles. The lowest BCUT2D eigenvalue weighted by Crippen LogP contribution is -2.15. The van der Waals surface area contributed by atoms with E-state index in [2.05, 4.69) is 17.4 Å². The molecule has 0 saturated heterocycles. The van der Waals surface area contributed by atoms with Crippen LogP contribution in [0.5, 0.6) is 11.5 Å². The number of hydrogen-bond donors (Lipinski definition) is 1. The van der Waals surface area contributed by atoms with Crippen molar-refractivity contribution < 1.29 is 4.74 Å². The summed E-state index contributed by atoms with van der Waals surface area (Å²) in [5.74, 6) is 1.61. The van der Waals surface area contributed by atoms with Crippen LogP contribution in [0.4, 0.5) is 0 Å². The van der Waals surface area contributed by atoms with Gasteiger partial charge in [0.2, 0.25) is 0 Å². The summed E-state index contributed by atoms with van der Waals surface area (Å²) in [6, 6.07) is 14.6. The molecule has 0 spiro atoms. The quantitative estimate of drug-likeness (QED) is 0.748. The average molecular weight is 320 g/mol. The Balaban J connectivity index is 1.85. The molecule has 0 unspecified atom stereocenters. The lowest BCUT2D eigenvalue weighted by atomic mass is 10.2. The zero-order valence-corrected chi connectivity index (χ0v) is 13.5. The molecule has 0 heterocycles. The van der Waals surface area contributed by atoms with Crippen LogP contribution in [0, 0.1) is 0 Å². The molecule has 2 aromatic rings. The summed E-state index contributed by atoms with van der Waals surface area (Å²) < 4.78 is 6.12. The summed E-state index contributed by atoms with van der Waals surface area (Å²) >= 11 is 8.02. The molecule has 3 rings (SSSR count). The molecule has 0 bridgehead atoms. The highest BCUT2D eigenvalue weighted by atomic mass is 35.5. The summed E-state index contributed by atoms with van der Waals surface area (Å²) in [6.45, 7) is 0.794. The van der Waals surface area contributed by atoms with Gasteiger partial charge in [-0.2, -0.15) is 0 Å². The van der Waals surface area contributed by atoms with Crippen molar-refractivity contribution in [3.05, 3.63) is 53.1 Å². The first-order chi connectivity index (χ1) is 10.3. The van der Waals surface area contributed by atoms with Crippen molar-refractivity contribution in [1.29, 1.82) is 0 Å². The molecule has 4 heteroatoms. The van der Waals surface area contributed by atoms with Crippen LogP contribution in [0.3, 0.4) is 0 Å². The average Bonchev–Trinajstić information content (AvgIpc) is 3.32. The summed E-state index contributed by atoms with van der Waals surface area (Å²) in [6.07, 6.45) is 4.59. The summed E-state index contributed by atoms with van der Waals surface area (Å²) in [5, 5.41) is 4.16. The van der Waals surface area contributed by atoms with E-state index in [4.69, 9.17) is 16.3 Å². The Kier molecular flexibility index (Phi) is 4.73. The molecule has 0 radical (unpaired) electrons. The van der Waals surface area contributed by atoms with Gasteiger partial charge < -0.3 is 10.1 Å². The highest BCUT2D eigenvalue weighted by Crippen LogP contribution is 2.37. The predicted molar refractivity (Wildman–Crippen MR) is 89.6 cm³/mol. The lowest BCUT2D eigenvalue weighted by Gasteiger charge is -2.15. The van der Waals surface area contributed by atoms with Gasteiger partial charge in [0.05, 0.1) is 5.02 Å². The summed E-state index contributed by atoms with van der Waals surface area (Å²) in [5.41, 5.74) is 1.10. The number of hydrogen-bond acceptors (Lipinski definition) is 3. The van der Waals surface area contributed by atoms with E-state index in [9.17, 15) is 0 Å². The smallest absolute Gasteiger partial charge is 0.150 e. The van der Waals surface area contributed by atoms with E-state index in [0.29, 0.717) is 11.1 Å². The molecular formula is C17H18ClNOS. The van der Waals surface area contributed by atoms with Gasteiger partial charge in [-0.05, 0) is 37.3 Å². The van der Waals surface area contributed by atoms with E-state index in [-0.39, 0.29) is 0 Å². The maximum absolute atomic E-state index is 6.35. The summed E-state index contributed by atoms with van der Waals surface area (Å²) in [4.78, 5) is 1.11. The SMILES string of the molecule is CSc1ccccc1Oc1c(Cl)cccc1CNC1CC1. The maximum Gasteiger partial charge on any atom is 0.150 e. The van der Waals surface area contributed by atoms with Gasteiger partial charge in [-0.1, -0.05) is 35.9 Å². The van der Waals surface area contributed by atoms with Crippen molar-refractivity contribution in [2.75, 3.05) is 6.26 Å². The van der Waals surface area contributed by atoms with E-state index in [1.54, 1.807) is 11.8 Å². The van der Waals surface area contributed by atoms with Crippen LogP contribution in [0.2, 0.25) is 5.02 Å². The summed E-state index contributed by atoms with van der Waals surface area (Å²) in [7, 11) is 0. The first kappa shape index (κ1) is 14.8.